The number of likely N-dealkylation sites (N-methyl/N-ethyl adjacent to an activating group) is 1. The number of fused-ring (bicyclic) bond motifs is 1. The van der Waals surface area contributed by atoms with Gasteiger partial charge in [-0.1, -0.05) is 15.9 Å². The number of amides is 1. The van der Waals surface area contributed by atoms with E-state index in [1.165, 1.54) is 0 Å². The molecule has 6 heteroatoms. The molecule has 0 spiro atoms. The number of aliphatic hydroxyl groups is 1. The zero-order valence-electron chi connectivity index (χ0n) is 11.2. The summed E-state index contributed by atoms with van der Waals surface area (Å²) in [7, 11) is 1.72. The Morgan fingerprint density at radius 3 is 2.95 bits per heavy atom. The Kier molecular flexibility index (Phi) is 3.30. The summed E-state index contributed by atoms with van der Waals surface area (Å²) < 4.78 is 0.827. The number of rotatable bonds is 3. The maximum absolute atomic E-state index is 12.6. The van der Waals surface area contributed by atoms with Gasteiger partial charge in [0.05, 0.1) is 23.0 Å². The van der Waals surface area contributed by atoms with Gasteiger partial charge in [-0.25, -0.2) is 4.98 Å². The number of carbonyl (C=O) groups is 1. The lowest BCUT2D eigenvalue weighted by Gasteiger charge is -2.39. The van der Waals surface area contributed by atoms with Gasteiger partial charge in [0.25, 0.3) is 5.91 Å². The molecule has 3 rings (SSSR count). The van der Waals surface area contributed by atoms with Gasteiger partial charge in [0.2, 0.25) is 0 Å². The number of hydrogen-bond acceptors (Lipinski definition) is 3. The number of benzene rings is 1. The molecule has 1 saturated carbocycles. The quantitative estimate of drug-likeness (QED) is 0.902. The third-order valence-corrected chi connectivity index (χ3v) is 4.34. The highest BCUT2D eigenvalue weighted by molar-refractivity contribution is 9.10. The normalized spacial score (nSPS) is 16.9. The zero-order valence-corrected chi connectivity index (χ0v) is 12.8. The minimum atomic E-state index is -0.707. The van der Waals surface area contributed by atoms with Gasteiger partial charge in [0.1, 0.15) is 5.52 Å². The van der Waals surface area contributed by atoms with Crippen LogP contribution in [0.3, 0.4) is 0 Å². The van der Waals surface area contributed by atoms with Crippen LogP contribution in [0.5, 0.6) is 0 Å². The lowest BCUT2D eigenvalue weighted by molar-refractivity contribution is -0.0498. The first-order valence-corrected chi connectivity index (χ1v) is 7.38. The SMILES string of the molecule is CN(CC1(O)CCC1)C(=O)c1cc(Br)cc2[nH]cnc12. The predicted octanol–water partition coefficient (Wildman–Crippen LogP) is 2.31. The minimum absolute atomic E-state index is 0.122. The molecule has 0 aliphatic heterocycles. The van der Waals surface area contributed by atoms with E-state index in [9.17, 15) is 9.90 Å². The highest BCUT2D eigenvalue weighted by Gasteiger charge is 2.36. The van der Waals surface area contributed by atoms with Crippen molar-refractivity contribution in [3.8, 4) is 0 Å². The van der Waals surface area contributed by atoms with E-state index in [2.05, 4.69) is 25.9 Å². The second-order valence-corrected chi connectivity index (χ2v) is 6.41. The first-order valence-electron chi connectivity index (χ1n) is 6.59. The molecule has 0 unspecified atom stereocenters. The molecule has 1 aromatic carbocycles. The highest BCUT2D eigenvalue weighted by Crippen LogP contribution is 2.32. The molecule has 0 saturated heterocycles. The van der Waals surface area contributed by atoms with Crippen LogP contribution < -0.4 is 0 Å². The minimum Gasteiger partial charge on any atom is -0.388 e. The largest absolute Gasteiger partial charge is 0.388 e. The van der Waals surface area contributed by atoms with E-state index in [-0.39, 0.29) is 5.91 Å². The summed E-state index contributed by atoms with van der Waals surface area (Å²) in [5.74, 6) is -0.122. The Morgan fingerprint density at radius 2 is 2.30 bits per heavy atom. The van der Waals surface area contributed by atoms with Crippen molar-refractivity contribution in [3.63, 3.8) is 0 Å². The first kappa shape index (κ1) is 13.6. The molecule has 2 N–H and O–H groups in total. The van der Waals surface area contributed by atoms with Crippen LogP contribution in [0.15, 0.2) is 22.9 Å². The summed E-state index contributed by atoms with van der Waals surface area (Å²) >= 11 is 3.40. The Labute approximate surface area is 125 Å². The topological polar surface area (TPSA) is 69.2 Å². The number of carbonyl (C=O) groups excluding carboxylic acids is 1. The lowest BCUT2D eigenvalue weighted by atomic mass is 9.80. The average Bonchev–Trinajstić information content (AvgIpc) is 2.82. The van der Waals surface area contributed by atoms with Gasteiger partial charge in [0, 0.05) is 18.1 Å². The summed E-state index contributed by atoms with van der Waals surface area (Å²) in [4.78, 5) is 21.4. The number of nitrogens with zero attached hydrogens (tertiary/aromatic N) is 2. The van der Waals surface area contributed by atoms with Crippen LogP contribution in [0.2, 0.25) is 0 Å². The van der Waals surface area contributed by atoms with Crippen molar-refractivity contribution < 1.29 is 9.90 Å². The number of aromatic amines is 1. The van der Waals surface area contributed by atoms with E-state index in [1.54, 1.807) is 24.3 Å². The summed E-state index contributed by atoms with van der Waals surface area (Å²) in [6.45, 7) is 0.365. The number of halogens is 1. The van der Waals surface area contributed by atoms with Gasteiger partial charge in [-0.3, -0.25) is 4.79 Å². The lowest BCUT2D eigenvalue weighted by Crippen LogP contribution is -2.48. The Bertz CT molecular complexity index is 663. The van der Waals surface area contributed by atoms with Crippen molar-refractivity contribution in [2.45, 2.75) is 24.9 Å². The Morgan fingerprint density at radius 1 is 1.55 bits per heavy atom. The van der Waals surface area contributed by atoms with Crippen molar-refractivity contribution in [1.82, 2.24) is 14.9 Å². The van der Waals surface area contributed by atoms with Gasteiger partial charge in [-0.15, -0.1) is 0 Å². The van der Waals surface area contributed by atoms with E-state index in [0.29, 0.717) is 17.6 Å². The first-order chi connectivity index (χ1) is 9.48. The monoisotopic (exact) mass is 337 g/mol. The number of hydrogen-bond donors (Lipinski definition) is 2. The van der Waals surface area contributed by atoms with Crippen LogP contribution in [-0.4, -0.2) is 45.1 Å². The summed E-state index contributed by atoms with van der Waals surface area (Å²) in [6.07, 6.45) is 4.13. The van der Waals surface area contributed by atoms with Crippen LogP contribution in [0.4, 0.5) is 0 Å². The fourth-order valence-corrected chi connectivity index (χ4v) is 3.10. The zero-order chi connectivity index (χ0) is 14.3. The molecule has 1 amide bonds. The molecule has 20 heavy (non-hydrogen) atoms. The van der Waals surface area contributed by atoms with Gasteiger partial charge in [0.15, 0.2) is 0 Å². The third kappa shape index (κ3) is 2.33. The van der Waals surface area contributed by atoms with Gasteiger partial charge >= 0.3 is 0 Å². The molecule has 1 fully saturated rings. The number of H-pyrrole nitrogens is 1. The van der Waals surface area contributed by atoms with Crippen molar-refractivity contribution in [3.05, 3.63) is 28.5 Å². The van der Waals surface area contributed by atoms with Crippen molar-refractivity contribution >= 4 is 32.9 Å². The highest BCUT2D eigenvalue weighted by atomic mass is 79.9. The molecular formula is C14H16BrN3O2. The van der Waals surface area contributed by atoms with Crippen LogP contribution in [0, 0.1) is 0 Å². The van der Waals surface area contributed by atoms with Gasteiger partial charge in [-0.2, -0.15) is 0 Å². The fraction of sp³-hybridized carbons (Fsp3) is 0.429. The molecule has 0 bridgehead atoms. The molecule has 1 aliphatic rings. The van der Waals surface area contributed by atoms with Gasteiger partial charge in [-0.05, 0) is 31.4 Å². The van der Waals surface area contributed by atoms with E-state index in [4.69, 9.17) is 0 Å². The van der Waals surface area contributed by atoms with Gasteiger partial charge < -0.3 is 15.0 Å². The molecule has 1 aliphatic carbocycles. The fourth-order valence-electron chi connectivity index (χ4n) is 2.64. The van der Waals surface area contributed by atoms with Crippen molar-refractivity contribution in [1.29, 1.82) is 0 Å². The summed E-state index contributed by atoms with van der Waals surface area (Å²) in [5.41, 5.74) is 1.31. The van der Waals surface area contributed by atoms with E-state index >= 15 is 0 Å². The standard InChI is InChI=1S/C14H16BrN3O2/c1-18(7-14(20)3-2-4-14)13(19)10-5-9(15)6-11-12(10)17-8-16-11/h5-6,8,20H,2-4,7H2,1H3,(H,16,17). The molecule has 0 atom stereocenters. The molecule has 0 radical (unpaired) electrons. The molecule has 5 nitrogen and oxygen atoms in total. The van der Waals surface area contributed by atoms with E-state index in [0.717, 1.165) is 29.3 Å². The summed E-state index contributed by atoms with van der Waals surface area (Å²) in [5, 5.41) is 10.2. The maximum atomic E-state index is 12.6. The number of imidazole rings is 1. The van der Waals surface area contributed by atoms with Crippen LogP contribution in [0.25, 0.3) is 11.0 Å². The van der Waals surface area contributed by atoms with Crippen LogP contribution in [-0.2, 0) is 0 Å². The molecular weight excluding hydrogens is 322 g/mol. The second kappa shape index (κ2) is 4.86. The van der Waals surface area contributed by atoms with Crippen molar-refractivity contribution in [2.24, 2.45) is 0 Å². The third-order valence-electron chi connectivity index (χ3n) is 3.88. The van der Waals surface area contributed by atoms with E-state index in [1.807, 2.05) is 6.07 Å². The molecule has 1 heterocycles. The predicted molar refractivity (Wildman–Crippen MR) is 79.6 cm³/mol. The Hall–Kier alpha value is -1.40. The molecule has 1 aromatic heterocycles. The number of aromatic nitrogens is 2. The average molecular weight is 338 g/mol. The maximum Gasteiger partial charge on any atom is 0.256 e. The molecule has 2 aromatic rings. The van der Waals surface area contributed by atoms with E-state index < -0.39 is 5.60 Å². The molecule has 106 valence electrons. The van der Waals surface area contributed by atoms with Crippen molar-refractivity contribution in [2.75, 3.05) is 13.6 Å². The van der Waals surface area contributed by atoms with Crippen LogP contribution >= 0.6 is 15.9 Å². The Balaban J connectivity index is 1.89. The summed E-state index contributed by atoms with van der Waals surface area (Å²) in [6, 6.07) is 3.66. The smallest absolute Gasteiger partial charge is 0.256 e. The number of nitrogens with one attached hydrogen (secondary N) is 1. The second-order valence-electron chi connectivity index (χ2n) is 5.49. The van der Waals surface area contributed by atoms with Crippen LogP contribution in [0.1, 0.15) is 29.6 Å².